The number of carbonyl (C=O) groups is 6. The molecule has 0 saturated carbocycles. The van der Waals surface area contributed by atoms with Crippen LogP contribution in [0.1, 0.15) is 348 Å². The van der Waals surface area contributed by atoms with E-state index in [-0.39, 0.29) is 66.1 Å². The topological polar surface area (TPSA) is 246 Å². The van der Waals surface area contributed by atoms with Gasteiger partial charge in [0.1, 0.15) is 23.9 Å². The summed E-state index contributed by atoms with van der Waals surface area (Å²) in [5.74, 6) is 6.35. The average molecular weight is 1970 g/mol. The summed E-state index contributed by atoms with van der Waals surface area (Å²) in [4.78, 5) is 112. The quantitative estimate of drug-likeness (QED) is 0.0228. The zero-order valence-electron chi connectivity index (χ0n) is 90.4. The maximum atomic E-state index is 12.8. The molecule has 0 aliphatic carbocycles. The van der Waals surface area contributed by atoms with Crippen LogP contribution < -0.4 is 5.46 Å². The molecule has 20 heteroatoms. The van der Waals surface area contributed by atoms with E-state index in [1.807, 2.05) is 118 Å². The maximum absolute atomic E-state index is 12.8. The summed E-state index contributed by atoms with van der Waals surface area (Å²) in [6, 6.07) is 75.1. The van der Waals surface area contributed by atoms with Crippen LogP contribution in [0.15, 0.2) is 262 Å². The first kappa shape index (κ1) is 118. The molecule has 1 N–H and O–H groups in total. The third-order valence-corrected chi connectivity index (χ3v) is 27.9. The molecule has 8 atom stereocenters. The molecule has 4 aromatic heterocycles. The van der Waals surface area contributed by atoms with Crippen LogP contribution in [0.5, 0.6) is 0 Å². The summed E-state index contributed by atoms with van der Waals surface area (Å²) in [5.41, 5.74) is 22.6. The summed E-state index contributed by atoms with van der Waals surface area (Å²) < 4.78 is 16.0. The summed E-state index contributed by atoms with van der Waals surface area (Å²) in [6.07, 6.45) is 20.1. The minimum Gasteiger partial charge on any atom is -0.469 e. The molecule has 145 heavy (non-hydrogen) atoms. The molecule has 11 aromatic rings. The molecule has 15 rings (SSSR count). The highest BCUT2D eigenvalue weighted by Crippen LogP contribution is 2.38. The number of ketones is 4. The number of carbonyl (C=O) groups excluding carboxylic acids is 8. The number of hydrogen-bond donors (Lipinski definition) is 1. The fourth-order valence-corrected chi connectivity index (χ4v) is 18.3. The number of nitrogens with zero attached hydrogens (tertiary/aromatic N) is 7. The summed E-state index contributed by atoms with van der Waals surface area (Å²) >= 11 is 0. The number of pyridine rings is 4. The molecule has 4 aliphatic heterocycles. The van der Waals surface area contributed by atoms with Gasteiger partial charge in [-0.25, -0.2) is 4.79 Å². The zero-order chi connectivity index (χ0) is 106. The molecule has 772 valence electrons. The van der Waals surface area contributed by atoms with Crippen molar-refractivity contribution in [1.29, 1.82) is 0 Å². The molecular formula is C125H162BN7O12. The Kier molecular flexibility index (Phi) is 49.9. The van der Waals surface area contributed by atoms with Crippen molar-refractivity contribution in [3.8, 4) is 0 Å². The van der Waals surface area contributed by atoms with Gasteiger partial charge in [0.05, 0.1) is 25.2 Å². The number of Topliss-reactive ketones (excluding diaryl/α,β-unsaturated/α-hetero) is 4. The van der Waals surface area contributed by atoms with Gasteiger partial charge in [0, 0.05) is 139 Å². The Balaban J connectivity index is 0.000000208. The number of aromatic nitrogens is 4. The van der Waals surface area contributed by atoms with E-state index < -0.39 is 13.2 Å². The van der Waals surface area contributed by atoms with Gasteiger partial charge < -0.3 is 19.2 Å². The number of fused-ring (bicyclic) bond motifs is 1. The third-order valence-electron chi connectivity index (χ3n) is 27.9. The van der Waals surface area contributed by atoms with Gasteiger partial charge in [0.15, 0.2) is 11.6 Å². The summed E-state index contributed by atoms with van der Waals surface area (Å²) in [5, 5.41) is 9.69. The van der Waals surface area contributed by atoms with Gasteiger partial charge in [0.25, 0.3) is 0 Å². The number of amides is 1. The maximum Gasteiger partial charge on any atom is 0.491 e. The van der Waals surface area contributed by atoms with Gasteiger partial charge in [0.2, 0.25) is 0 Å². The standard InChI is InChI=1S/C23H28N2O3.C22H27NO2.C21H27N.C20H25NO.C16H25NO.C12H17BO2.C10H13NO.CO2/c1-17(2)20-13-19(14-24-15-20)10-11-22(26)21-9-6-12-25(21)23(27)28-16-18-7-4-3-5-8-18;1-16(2)18-9-11-19(12-10-18)20-14-23(15-21(20)22(24)25-3)13-17-7-5-4-6-8-17;1-16(2)19-10-7-11-20(12-19)21-15-22(13-17(21)3)14-18-8-5-4-6-9-18;1-15(2)19-12-18(13-21-14-19)9-10-20(22)16(3)11-17-7-5-4-6-8-17;1-11(2)13(5)16(18)7-6-14-8-15(12(3)4)10-17-9-14;1-4-12-10-7-9(8(2)3)5-6-11(10)13(14)15-12;1-7(2)9-4-5-10(8(3)12)11-6-9;2-1-3/h3-5,7-8,13-15,17,21H,6,9-12,16H2,1-2H3;4-12,16,20-21H,13-15H2,1-3H3;4-12,16-17,21H,13-15H2,1-3H3;4-8,12-16H,9-11H2,1-3H3;8-13H,6-7H2,1-5H3;5-8,12,14H,4H2,1-3H3;4-7H,1-3H3;/t21-;20?,21-;17-,21?;16-;13-;;;/m00000.../s1. The molecule has 19 nitrogen and oxygen atoms in total. The van der Waals surface area contributed by atoms with Gasteiger partial charge in [-0.3, -0.25) is 58.6 Å². The molecule has 0 radical (unpaired) electrons. The highest BCUT2D eigenvalue weighted by Gasteiger charge is 2.40. The van der Waals surface area contributed by atoms with Gasteiger partial charge in [-0.15, -0.1) is 0 Å². The number of rotatable bonds is 33. The Morgan fingerprint density at radius 1 is 0.462 bits per heavy atom. The second-order valence-electron chi connectivity index (χ2n) is 41.8. The molecule has 3 unspecified atom stereocenters. The fraction of sp³-hybridized carbons (Fsp3) is 0.448. The van der Waals surface area contributed by atoms with Crippen molar-refractivity contribution >= 4 is 53.9 Å². The van der Waals surface area contributed by atoms with Crippen LogP contribution in [0.4, 0.5) is 4.79 Å². The van der Waals surface area contributed by atoms with E-state index >= 15 is 0 Å². The Morgan fingerprint density at radius 3 is 1.39 bits per heavy atom. The van der Waals surface area contributed by atoms with Crippen LogP contribution in [0.2, 0.25) is 0 Å². The summed E-state index contributed by atoms with van der Waals surface area (Å²) in [7, 11) is 0.757. The predicted molar refractivity (Wildman–Crippen MR) is 585 cm³/mol. The van der Waals surface area contributed by atoms with Crippen molar-refractivity contribution in [3.05, 3.63) is 362 Å². The first-order valence-corrected chi connectivity index (χ1v) is 52.5. The minimum absolute atomic E-state index is 0.0188. The number of likely N-dealkylation sites (tertiary alicyclic amines) is 3. The smallest absolute Gasteiger partial charge is 0.469 e. The van der Waals surface area contributed by atoms with Crippen LogP contribution in [0, 0.1) is 29.6 Å². The Bertz CT molecular complexity index is 5770. The first-order chi connectivity index (χ1) is 69.4. The van der Waals surface area contributed by atoms with E-state index in [1.54, 1.807) is 17.2 Å². The number of ether oxygens (including phenoxy) is 2. The Morgan fingerprint density at radius 2 is 0.917 bits per heavy atom. The first-order valence-electron chi connectivity index (χ1n) is 52.5. The van der Waals surface area contributed by atoms with E-state index in [0.29, 0.717) is 109 Å². The lowest BCUT2D eigenvalue weighted by Crippen LogP contribution is -2.40. The van der Waals surface area contributed by atoms with Crippen LogP contribution in [-0.4, -0.2) is 134 Å². The molecule has 0 bridgehead atoms. The minimum atomic E-state index is -0.730. The van der Waals surface area contributed by atoms with E-state index in [9.17, 15) is 33.8 Å². The molecular weight excluding hydrogens is 1800 g/mol. The monoisotopic (exact) mass is 1960 g/mol. The van der Waals surface area contributed by atoms with Crippen LogP contribution in [0.3, 0.4) is 0 Å². The highest BCUT2D eigenvalue weighted by atomic mass is 16.6. The van der Waals surface area contributed by atoms with Gasteiger partial charge in [-0.05, 0) is 204 Å². The van der Waals surface area contributed by atoms with Gasteiger partial charge in [-0.2, -0.15) is 9.59 Å². The highest BCUT2D eigenvalue weighted by molar-refractivity contribution is 6.61. The van der Waals surface area contributed by atoms with Crippen LogP contribution in [-0.2, 0) is 88.3 Å². The van der Waals surface area contributed by atoms with Crippen molar-refractivity contribution in [2.24, 2.45) is 29.6 Å². The lowest BCUT2D eigenvalue weighted by Gasteiger charge is -2.23. The van der Waals surface area contributed by atoms with Gasteiger partial charge >= 0.3 is 25.3 Å². The zero-order valence-corrected chi connectivity index (χ0v) is 90.4. The third kappa shape index (κ3) is 39.0. The van der Waals surface area contributed by atoms with E-state index in [1.165, 1.54) is 99.4 Å². The lowest BCUT2D eigenvalue weighted by atomic mass is 9.78. The fourth-order valence-electron chi connectivity index (χ4n) is 18.3. The molecule has 1 amide bonds. The Labute approximate surface area is 866 Å². The SMILES string of the molecule is CC(=O)c1ccc(C(C)C)cn1.CC(C)c1cccc(C2CN(Cc3ccccc3)C[C@@H]2C)c1.CC(C)c1cncc(CCC(=O)[C@@H](C)C(C)C)c1.CC(C)c1cncc(CCC(=O)[C@@H](C)Cc2ccccc2)c1.CC(C)c1cncc(CCC(=O)[C@@H]2CCCN2C(=O)OCc2ccccc2)c1.CCC1OB(O)c2ccc(C(C)C)cc21.COC(=O)[C@H]1CN(Cc2ccccc2)CC1c1ccc(C(C)C)cc1.O=C=O. The number of benzene rings is 7. The number of methoxy groups -OCH3 is 1. The van der Waals surface area contributed by atoms with Crippen molar-refractivity contribution in [1.82, 2.24) is 34.6 Å². The summed E-state index contributed by atoms with van der Waals surface area (Å²) in [6.45, 7) is 51.4. The lowest BCUT2D eigenvalue weighted by molar-refractivity contribution is -0.191. The van der Waals surface area contributed by atoms with E-state index in [2.05, 4.69) is 300 Å². The molecule has 0 spiro atoms. The van der Waals surface area contributed by atoms with Crippen molar-refractivity contribution < 1.29 is 57.5 Å². The van der Waals surface area contributed by atoms with E-state index in [0.717, 1.165) is 91.9 Å². The number of aryl methyl sites for hydroxylation is 3. The Hall–Kier alpha value is -12.2. The number of esters is 1. The van der Waals surface area contributed by atoms with Crippen LogP contribution >= 0.6 is 0 Å². The molecule has 7 aromatic carbocycles. The molecule has 3 fully saturated rings. The number of hydrogen-bond acceptors (Lipinski definition) is 18. The average Bonchev–Trinajstić information content (AvgIpc) is 1.65. The normalized spacial score (nSPS) is 16.6. The second kappa shape index (κ2) is 61.3. The van der Waals surface area contributed by atoms with Crippen molar-refractivity contribution in [3.63, 3.8) is 0 Å². The molecule has 4 aliphatic rings. The van der Waals surface area contributed by atoms with Crippen LogP contribution in [0.25, 0.3) is 0 Å². The van der Waals surface area contributed by atoms with Gasteiger partial charge in [-0.1, -0.05) is 351 Å². The predicted octanol–water partition coefficient (Wildman–Crippen LogP) is 26.1. The largest absolute Gasteiger partial charge is 0.491 e. The van der Waals surface area contributed by atoms with Crippen molar-refractivity contribution in [2.75, 3.05) is 39.8 Å². The second-order valence-corrected chi connectivity index (χ2v) is 41.8. The van der Waals surface area contributed by atoms with Crippen molar-refractivity contribution in [2.45, 2.75) is 295 Å². The van der Waals surface area contributed by atoms with E-state index in [4.69, 9.17) is 23.7 Å². The molecule has 3 saturated heterocycles. The molecule has 8 heterocycles.